The Bertz CT molecular complexity index is 1110. The number of carbonyl (C=O) groups excluding carboxylic acids is 2. The van der Waals surface area contributed by atoms with Gasteiger partial charge in [0.1, 0.15) is 17.5 Å². The fraction of sp³-hybridized carbons (Fsp3) is 0.200. The van der Waals surface area contributed by atoms with Gasteiger partial charge in [0.2, 0.25) is 6.10 Å². The minimum Gasteiger partial charge on any atom is -0.496 e. The van der Waals surface area contributed by atoms with E-state index in [1.165, 1.54) is 0 Å². The van der Waals surface area contributed by atoms with Crippen molar-refractivity contribution in [2.75, 3.05) is 18.6 Å². The summed E-state index contributed by atoms with van der Waals surface area (Å²) >= 11 is 5.97. The number of rotatable bonds is 7. The second-order valence-electron chi connectivity index (χ2n) is 7.15. The van der Waals surface area contributed by atoms with Crippen LogP contribution in [0.3, 0.4) is 0 Å². The van der Waals surface area contributed by atoms with E-state index in [1.807, 2.05) is 24.3 Å². The lowest BCUT2D eigenvalue weighted by atomic mass is 9.89. The van der Waals surface area contributed by atoms with E-state index in [2.05, 4.69) is 0 Å². The zero-order chi connectivity index (χ0) is 22.7. The van der Waals surface area contributed by atoms with E-state index in [9.17, 15) is 9.59 Å². The first-order valence-electron chi connectivity index (χ1n) is 10.2. The average molecular weight is 452 g/mol. The highest BCUT2D eigenvalue weighted by atomic mass is 35.5. The quantitative estimate of drug-likeness (QED) is 0.371. The Morgan fingerprint density at radius 1 is 1.00 bits per heavy atom. The molecule has 7 heteroatoms. The van der Waals surface area contributed by atoms with Gasteiger partial charge in [-0.1, -0.05) is 29.8 Å². The van der Waals surface area contributed by atoms with Crippen LogP contribution in [0.1, 0.15) is 28.9 Å². The second kappa shape index (κ2) is 9.32. The number of hydrogen-bond donors (Lipinski definition) is 0. The van der Waals surface area contributed by atoms with Gasteiger partial charge in [0, 0.05) is 16.3 Å². The molecule has 1 heterocycles. The molecule has 1 amide bonds. The number of β-lactam (4-membered cyclic amide) rings is 1. The van der Waals surface area contributed by atoms with Crippen LogP contribution in [0.25, 0.3) is 0 Å². The number of amides is 1. The molecule has 1 aliphatic heterocycles. The van der Waals surface area contributed by atoms with Gasteiger partial charge < -0.3 is 14.2 Å². The molecule has 32 heavy (non-hydrogen) atoms. The third-order valence-corrected chi connectivity index (χ3v) is 5.49. The van der Waals surface area contributed by atoms with E-state index >= 15 is 0 Å². The third kappa shape index (κ3) is 4.14. The number of benzene rings is 3. The van der Waals surface area contributed by atoms with Crippen molar-refractivity contribution in [3.8, 4) is 11.5 Å². The van der Waals surface area contributed by atoms with Crippen LogP contribution in [0.15, 0.2) is 72.8 Å². The normalized spacial score (nSPS) is 17.5. The van der Waals surface area contributed by atoms with E-state index in [-0.39, 0.29) is 5.91 Å². The number of carbonyl (C=O) groups is 2. The molecule has 0 bridgehead atoms. The molecule has 3 aromatic carbocycles. The first-order chi connectivity index (χ1) is 15.5. The van der Waals surface area contributed by atoms with Crippen LogP contribution in [-0.2, 0) is 9.53 Å². The van der Waals surface area contributed by atoms with Crippen molar-refractivity contribution in [3.05, 3.63) is 88.9 Å². The first kappa shape index (κ1) is 21.7. The summed E-state index contributed by atoms with van der Waals surface area (Å²) in [4.78, 5) is 26.8. The maximum atomic E-state index is 13.2. The van der Waals surface area contributed by atoms with Gasteiger partial charge in [0.15, 0.2) is 0 Å². The van der Waals surface area contributed by atoms with Crippen molar-refractivity contribution in [1.29, 1.82) is 0 Å². The van der Waals surface area contributed by atoms with Crippen LogP contribution in [0, 0.1) is 0 Å². The summed E-state index contributed by atoms with van der Waals surface area (Å²) in [7, 11) is 1.59. The predicted molar refractivity (Wildman–Crippen MR) is 121 cm³/mol. The Hall–Kier alpha value is -3.51. The molecule has 0 N–H and O–H groups in total. The molecular formula is C25H22ClNO5. The van der Waals surface area contributed by atoms with Crippen molar-refractivity contribution >= 4 is 29.2 Å². The number of ether oxygens (including phenoxy) is 3. The van der Waals surface area contributed by atoms with Crippen LogP contribution in [-0.4, -0.2) is 31.7 Å². The number of halogens is 1. The van der Waals surface area contributed by atoms with Gasteiger partial charge in [-0.15, -0.1) is 0 Å². The molecule has 0 saturated carbocycles. The summed E-state index contributed by atoms with van der Waals surface area (Å²) in [6, 6.07) is 20.7. The summed E-state index contributed by atoms with van der Waals surface area (Å²) in [6.07, 6.45) is -0.739. The lowest BCUT2D eigenvalue weighted by Gasteiger charge is -2.47. The fourth-order valence-corrected chi connectivity index (χ4v) is 3.84. The molecule has 4 rings (SSSR count). The number of hydrogen-bond acceptors (Lipinski definition) is 5. The van der Waals surface area contributed by atoms with Crippen LogP contribution >= 0.6 is 11.6 Å². The molecule has 2 unspecified atom stereocenters. The van der Waals surface area contributed by atoms with Crippen LogP contribution in [0.4, 0.5) is 5.69 Å². The molecule has 1 aliphatic rings. The van der Waals surface area contributed by atoms with Gasteiger partial charge in [-0.25, -0.2) is 4.79 Å². The van der Waals surface area contributed by atoms with Crippen molar-refractivity contribution in [1.82, 2.24) is 0 Å². The maximum absolute atomic E-state index is 13.2. The predicted octanol–water partition coefficient (Wildman–Crippen LogP) is 5.06. The molecule has 1 saturated heterocycles. The summed E-state index contributed by atoms with van der Waals surface area (Å²) in [5.74, 6) is 0.603. The second-order valence-corrected chi connectivity index (χ2v) is 7.59. The van der Waals surface area contributed by atoms with Crippen LogP contribution in [0.5, 0.6) is 11.5 Å². The Morgan fingerprint density at radius 2 is 1.69 bits per heavy atom. The lowest BCUT2D eigenvalue weighted by molar-refractivity contribution is -0.135. The smallest absolute Gasteiger partial charge is 0.338 e. The molecule has 0 spiro atoms. The molecule has 0 aromatic heterocycles. The minimum absolute atomic E-state index is 0.195. The lowest BCUT2D eigenvalue weighted by Crippen LogP contribution is -2.61. The molecule has 164 valence electrons. The van der Waals surface area contributed by atoms with E-state index < -0.39 is 18.1 Å². The largest absolute Gasteiger partial charge is 0.496 e. The zero-order valence-electron chi connectivity index (χ0n) is 17.7. The van der Waals surface area contributed by atoms with Crippen LogP contribution in [0.2, 0.25) is 5.02 Å². The molecule has 3 aromatic rings. The average Bonchev–Trinajstić information content (AvgIpc) is 2.82. The number of para-hydroxylation sites is 1. The van der Waals surface area contributed by atoms with Gasteiger partial charge in [-0.05, 0) is 61.5 Å². The number of nitrogens with zero attached hydrogens (tertiary/aromatic N) is 1. The number of methoxy groups -OCH3 is 1. The number of esters is 1. The monoisotopic (exact) mass is 451 g/mol. The Morgan fingerprint density at radius 3 is 2.34 bits per heavy atom. The van der Waals surface area contributed by atoms with Crippen molar-refractivity contribution in [2.24, 2.45) is 0 Å². The minimum atomic E-state index is -0.739. The summed E-state index contributed by atoms with van der Waals surface area (Å²) < 4.78 is 16.6. The topological polar surface area (TPSA) is 65.1 Å². The molecule has 6 nitrogen and oxygen atoms in total. The van der Waals surface area contributed by atoms with Crippen molar-refractivity contribution in [3.63, 3.8) is 0 Å². The SMILES string of the molecule is CCOC(=O)c1ccc(N2C(=O)C(Oc3ccc(Cl)cc3)C2c2ccccc2OC)cc1. The van der Waals surface area contributed by atoms with Gasteiger partial charge in [0.05, 0.1) is 19.3 Å². The highest BCUT2D eigenvalue weighted by Crippen LogP contribution is 2.44. The van der Waals surface area contributed by atoms with E-state index in [4.69, 9.17) is 25.8 Å². The zero-order valence-corrected chi connectivity index (χ0v) is 18.4. The molecule has 0 radical (unpaired) electrons. The third-order valence-electron chi connectivity index (χ3n) is 5.24. The van der Waals surface area contributed by atoms with Gasteiger partial charge in [0.25, 0.3) is 5.91 Å². The van der Waals surface area contributed by atoms with Crippen LogP contribution < -0.4 is 14.4 Å². The standard InChI is InChI=1S/C25H22ClNO5/c1-3-31-25(29)16-8-12-18(13-9-16)27-22(20-6-4-5-7-21(20)30-2)23(24(27)28)32-19-14-10-17(26)11-15-19/h4-15,22-23H,3H2,1-2H3. The highest BCUT2D eigenvalue weighted by Gasteiger charge is 2.52. The highest BCUT2D eigenvalue weighted by molar-refractivity contribution is 6.30. The van der Waals surface area contributed by atoms with E-state index in [0.29, 0.717) is 34.4 Å². The maximum Gasteiger partial charge on any atom is 0.338 e. The summed E-state index contributed by atoms with van der Waals surface area (Å²) in [5.41, 5.74) is 1.89. The van der Waals surface area contributed by atoms with Gasteiger partial charge >= 0.3 is 5.97 Å². The molecule has 0 aliphatic carbocycles. The van der Waals surface area contributed by atoms with E-state index in [1.54, 1.807) is 67.5 Å². The Labute approximate surface area is 191 Å². The Balaban J connectivity index is 1.67. The summed E-state index contributed by atoms with van der Waals surface area (Å²) in [6.45, 7) is 2.05. The number of anilines is 1. The van der Waals surface area contributed by atoms with Crippen molar-refractivity contribution in [2.45, 2.75) is 19.1 Å². The van der Waals surface area contributed by atoms with E-state index in [0.717, 1.165) is 5.56 Å². The molecular weight excluding hydrogens is 430 g/mol. The Kier molecular flexibility index (Phi) is 6.32. The van der Waals surface area contributed by atoms with Gasteiger partial charge in [-0.2, -0.15) is 0 Å². The molecule has 2 atom stereocenters. The first-order valence-corrected chi connectivity index (χ1v) is 10.6. The van der Waals surface area contributed by atoms with Gasteiger partial charge in [-0.3, -0.25) is 9.69 Å². The van der Waals surface area contributed by atoms with Crippen molar-refractivity contribution < 1.29 is 23.8 Å². The fourth-order valence-electron chi connectivity index (χ4n) is 3.71. The molecule has 1 fully saturated rings. The summed E-state index contributed by atoms with van der Waals surface area (Å²) in [5, 5.41) is 0.585.